The molecule has 2 rings (SSSR count). The number of hydrogen-bond acceptors (Lipinski definition) is 3. The van der Waals surface area contributed by atoms with Gasteiger partial charge in [-0.05, 0) is 37.7 Å². The Hall–Kier alpha value is -1.12. The lowest BCUT2D eigenvalue weighted by Gasteiger charge is -2.26. The number of carbonyl (C=O) groups is 2. The van der Waals surface area contributed by atoms with Gasteiger partial charge in [-0.15, -0.1) is 0 Å². The second-order valence-electron chi connectivity index (χ2n) is 4.25. The monoisotopic (exact) mass is 208 g/mol. The van der Waals surface area contributed by atoms with E-state index in [2.05, 4.69) is 0 Å². The van der Waals surface area contributed by atoms with Gasteiger partial charge in [-0.25, -0.2) is 0 Å². The highest BCUT2D eigenvalue weighted by Crippen LogP contribution is 2.41. The van der Waals surface area contributed by atoms with Gasteiger partial charge in [-0.3, -0.25) is 9.59 Å². The maximum Gasteiger partial charge on any atom is 0.317 e. The summed E-state index contributed by atoms with van der Waals surface area (Å²) in [7, 11) is 0. The number of fused-ring (bicyclic) bond motifs is 1. The number of ether oxygens (including phenoxy) is 1. The molecule has 0 heterocycles. The molecule has 0 spiro atoms. The molecule has 0 N–H and O–H groups in total. The second kappa shape index (κ2) is 4.17. The molecule has 2 aliphatic carbocycles. The van der Waals surface area contributed by atoms with E-state index in [0.717, 1.165) is 19.3 Å². The molecule has 1 saturated carbocycles. The lowest BCUT2D eigenvalue weighted by molar-refractivity contribution is -0.153. The summed E-state index contributed by atoms with van der Waals surface area (Å²) in [4.78, 5) is 23.3. The van der Waals surface area contributed by atoms with Crippen molar-refractivity contribution in [2.75, 3.05) is 6.61 Å². The van der Waals surface area contributed by atoms with Crippen LogP contribution in [0.15, 0.2) is 12.2 Å². The zero-order chi connectivity index (χ0) is 10.8. The van der Waals surface area contributed by atoms with E-state index in [-0.39, 0.29) is 17.7 Å². The van der Waals surface area contributed by atoms with Crippen molar-refractivity contribution in [3.05, 3.63) is 12.2 Å². The molecule has 15 heavy (non-hydrogen) atoms. The molecule has 1 fully saturated rings. The van der Waals surface area contributed by atoms with Crippen LogP contribution in [0.1, 0.15) is 26.2 Å². The molecule has 0 aromatic rings. The largest absolute Gasteiger partial charge is 0.465 e. The zero-order valence-electron chi connectivity index (χ0n) is 8.94. The van der Waals surface area contributed by atoms with Crippen molar-refractivity contribution < 1.29 is 14.3 Å². The van der Waals surface area contributed by atoms with Crippen LogP contribution in [-0.4, -0.2) is 18.4 Å². The summed E-state index contributed by atoms with van der Waals surface area (Å²) in [5.74, 6) is -0.318. The molecule has 2 aliphatic rings. The van der Waals surface area contributed by atoms with Crippen LogP contribution in [0.3, 0.4) is 0 Å². The first-order valence-electron chi connectivity index (χ1n) is 5.62. The molecule has 0 amide bonds. The first kappa shape index (κ1) is 10.4. The highest BCUT2D eigenvalue weighted by Gasteiger charge is 2.43. The molecule has 0 aromatic heterocycles. The smallest absolute Gasteiger partial charge is 0.317 e. The highest BCUT2D eigenvalue weighted by molar-refractivity contribution is 6.06. The van der Waals surface area contributed by atoms with Crippen LogP contribution < -0.4 is 0 Å². The molecular weight excluding hydrogens is 192 g/mol. The van der Waals surface area contributed by atoms with Crippen molar-refractivity contribution in [1.29, 1.82) is 0 Å². The molecule has 0 aliphatic heterocycles. The minimum atomic E-state index is -0.526. The van der Waals surface area contributed by atoms with Crippen LogP contribution >= 0.6 is 0 Å². The summed E-state index contributed by atoms with van der Waals surface area (Å²) in [5.41, 5.74) is 0. The van der Waals surface area contributed by atoms with Gasteiger partial charge in [0.1, 0.15) is 5.92 Å². The average molecular weight is 208 g/mol. The van der Waals surface area contributed by atoms with Crippen molar-refractivity contribution >= 4 is 11.8 Å². The van der Waals surface area contributed by atoms with E-state index in [4.69, 9.17) is 4.74 Å². The molecule has 3 nitrogen and oxygen atoms in total. The molecule has 82 valence electrons. The summed E-state index contributed by atoms with van der Waals surface area (Å²) >= 11 is 0. The maximum absolute atomic E-state index is 11.7. The van der Waals surface area contributed by atoms with Gasteiger partial charge in [0.05, 0.1) is 6.61 Å². The van der Waals surface area contributed by atoms with Crippen LogP contribution in [0.5, 0.6) is 0 Å². The Kier molecular flexibility index (Phi) is 2.89. The third-order valence-electron chi connectivity index (χ3n) is 3.41. The Bertz CT molecular complexity index is 306. The quantitative estimate of drug-likeness (QED) is 0.512. The Labute approximate surface area is 89.5 Å². The fourth-order valence-corrected chi connectivity index (χ4v) is 2.73. The van der Waals surface area contributed by atoms with Crippen LogP contribution in [-0.2, 0) is 14.3 Å². The van der Waals surface area contributed by atoms with Gasteiger partial charge in [0.15, 0.2) is 5.78 Å². The van der Waals surface area contributed by atoms with E-state index < -0.39 is 5.92 Å². The number of rotatable bonds is 2. The first-order valence-corrected chi connectivity index (χ1v) is 5.62. The van der Waals surface area contributed by atoms with Crippen molar-refractivity contribution in [2.45, 2.75) is 26.2 Å². The van der Waals surface area contributed by atoms with Gasteiger partial charge in [-0.2, -0.15) is 0 Å². The van der Waals surface area contributed by atoms with E-state index in [1.165, 1.54) is 0 Å². The van der Waals surface area contributed by atoms with E-state index in [9.17, 15) is 9.59 Å². The zero-order valence-corrected chi connectivity index (χ0v) is 8.94. The summed E-state index contributed by atoms with van der Waals surface area (Å²) in [6.07, 6.45) is 6.72. The fourth-order valence-electron chi connectivity index (χ4n) is 2.73. The molecule has 0 unspecified atom stereocenters. The minimum absolute atomic E-state index is 0.0726. The minimum Gasteiger partial charge on any atom is -0.465 e. The number of hydrogen-bond donors (Lipinski definition) is 0. The Morgan fingerprint density at radius 1 is 1.53 bits per heavy atom. The van der Waals surface area contributed by atoms with Crippen molar-refractivity contribution in [3.8, 4) is 0 Å². The number of esters is 1. The Balaban J connectivity index is 2.17. The van der Waals surface area contributed by atoms with Crippen LogP contribution in [0.4, 0.5) is 0 Å². The first-order chi connectivity index (χ1) is 7.24. The van der Waals surface area contributed by atoms with Gasteiger partial charge < -0.3 is 4.74 Å². The fraction of sp³-hybridized carbons (Fsp3) is 0.667. The highest BCUT2D eigenvalue weighted by atomic mass is 16.5. The third kappa shape index (κ3) is 1.83. The molecule has 0 bridgehead atoms. The number of ketones is 1. The normalized spacial score (nSPS) is 33.9. The van der Waals surface area contributed by atoms with Crippen LogP contribution in [0, 0.1) is 17.8 Å². The molecule has 3 atom stereocenters. The Morgan fingerprint density at radius 2 is 2.33 bits per heavy atom. The van der Waals surface area contributed by atoms with Crippen LogP contribution in [0.2, 0.25) is 0 Å². The SMILES string of the molecule is CCOC(=O)[C@@H]1C(=O)C=C[C@@H]2CCC[C@@H]12. The summed E-state index contributed by atoms with van der Waals surface area (Å²) < 4.78 is 4.97. The van der Waals surface area contributed by atoms with Crippen LogP contribution in [0.25, 0.3) is 0 Å². The average Bonchev–Trinajstić information content (AvgIpc) is 2.65. The third-order valence-corrected chi connectivity index (χ3v) is 3.41. The molecule has 0 saturated heterocycles. The predicted molar refractivity (Wildman–Crippen MR) is 55.1 cm³/mol. The lowest BCUT2D eigenvalue weighted by Crippen LogP contribution is -2.36. The summed E-state index contributed by atoms with van der Waals surface area (Å²) in [6, 6.07) is 0. The van der Waals surface area contributed by atoms with Gasteiger partial charge in [0.2, 0.25) is 0 Å². The molecule has 0 aromatic carbocycles. The summed E-state index contributed by atoms with van der Waals surface area (Å²) in [5, 5.41) is 0. The van der Waals surface area contributed by atoms with E-state index in [1.807, 2.05) is 6.08 Å². The maximum atomic E-state index is 11.7. The molecule has 3 heteroatoms. The number of allylic oxidation sites excluding steroid dienone is 2. The number of carbonyl (C=O) groups excluding carboxylic acids is 2. The van der Waals surface area contributed by atoms with E-state index in [0.29, 0.717) is 12.5 Å². The standard InChI is InChI=1S/C12H16O3/c1-2-15-12(14)11-9-5-3-4-8(9)6-7-10(11)13/h6-9,11H,2-5H2,1H3/t8-,9+,11-/m0/s1. The Morgan fingerprint density at radius 3 is 3.07 bits per heavy atom. The topological polar surface area (TPSA) is 43.4 Å². The lowest BCUT2D eigenvalue weighted by atomic mass is 9.77. The van der Waals surface area contributed by atoms with Gasteiger partial charge >= 0.3 is 5.97 Å². The van der Waals surface area contributed by atoms with Gasteiger partial charge in [0, 0.05) is 0 Å². The molecular formula is C12H16O3. The second-order valence-corrected chi connectivity index (χ2v) is 4.25. The predicted octanol–water partition coefficient (Wildman–Crippen LogP) is 1.72. The molecule has 0 radical (unpaired) electrons. The van der Waals surface area contributed by atoms with E-state index >= 15 is 0 Å². The van der Waals surface area contributed by atoms with E-state index in [1.54, 1.807) is 13.0 Å². The van der Waals surface area contributed by atoms with Crippen molar-refractivity contribution in [1.82, 2.24) is 0 Å². The van der Waals surface area contributed by atoms with Crippen molar-refractivity contribution in [2.24, 2.45) is 17.8 Å². The van der Waals surface area contributed by atoms with Gasteiger partial charge in [-0.1, -0.05) is 12.5 Å². The van der Waals surface area contributed by atoms with Crippen molar-refractivity contribution in [3.63, 3.8) is 0 Å². The van der Waals surface area contributed by atoms with Gasteiger partial charge in [0.25, 0.3) is 0 Å². The summed E-state index contributed by atoms with van der Waals surface area (Å²) in [6.45, 7) is 2.12.